The molecule has 0 radical (unpaired) electrons. The number of rotatable bonds is 3. The van der Waals surface area contributed by atoms with E-state index in [0.717, 1.165) is 0 Å². The Labute approximate surface area is 90.1 Å². The fraction of sp³-hybridized carbons (Fsp3) is 1.00. The third-order valence-corrected chi connectivity index (χ3v) is 2.58. The molecule has 0 aromatic carbocycles. The first-order chi connectivity index (χ1) is 7.22. The lowest BCUT2D eigenvalue weighted by molar-refractivity contribution is -0.285. The fourth-order valence-electron chi connectivity index (χ4n) is 1.24. The summed E-state index contributed by atoms with van der Waals surface area (Å²) in [5.74, 6) is 0. The first-order valence-electron chi connectivity index (χ1n) is 4.30. The maximum Gasteiger partial charge on any atom is 0.469 e. The Bertz CT molecular complexity index is 277. The van der Waals surface area contributed by atoms with Crippen LogP contribution in [0.2, 0.25) is 0 Å². The van der Waals surface area contributed by atoms with Crippen LogP contribution in [-0.2, 0) is 13.8 Å². The Balaban J connectivity index is 2.57. The molecular formula is C6H13O9P. The van der Waals surface area contributed by atoms with Crippen LogP contribution in [0, 0.1) is 0 Å². The van der Waals surface area contributed by atoms with E-state index in [1.807, 2.05) is 0 Å². The van der Waals surface area contributed by atoms with Crippen molar-refractivity contribution in [2.45, 2.75) is 30.7 Å². The van der Waals surface area contributed by atoms with Crippen LogP contribution in [-0.4, -0.2) is 67.5 Å². The minimum absolute atomic E-state index is 0.730. The predicted molar refractivity (Wildman–Crippen MR) is 46.9 cm³/mol. The molecule has 1 aliphatic heterocycles. The van der Waals surface area contributed by atoms with E-state index < -0.39 is 45.1 Å². The fourth-order valence-corrected chi connectivity index (χ4v) is 1.58. The van der Waals surface area contributed by atoms with E-state index >= 15 is 0 Å². The second kappa shape index (κ2) is 5.05. The van der Waals surface area contributed by atoms with E-state index in [2.05, 4.69) is 9.26 Å². The summed E-state index contributed by atoms with van der Waals surface area (Å²) < 4.78 is 19.0. The van der Waals surface area contributed by atoms with Crippen LogP contribution in [0.25, 0.3) is 0 Å². The molecule has 0 aromatic heterocycles. The van der Waals surface area contributed by atoms with Crippen LogP contribution < -0.4 is 0 Å². The van der Waals surface area contributed by atoms with Crippen LogP contribution in [0.1, 0.15) is 0 Å². The van der Waals surface area contributed by atoms with Crippen molar-refractivity contribution in [1.29, 1.82) is 0 Å². The molecule has 1 saturated heterocycles. The van der Waals surface area contributed by atoms with Gasteiger partial charge in [0.2, 0.25) is 0 Å². The summed E-state index contributed by atoms with van der Waals surface area (Å²) in [5.41, 5.74) is 0. The van der Waals surface area contributed by atoms with Gasteiger partial charge in [0, 0.05) is 0 Å². The number of aliphatic hydroxyl groups is 4. The molecule has 16 heavy (non-hydrogen) atoms. The van der Waals surface area contributed by atoms with Gasteiger partial charge in [-0.15, -0.1) is 0 Å². The first kappa shape index (κ1) is 14.0. The molecule has 1 heterocycles. The quantitative estimate of drug-likeness (QED) is 0.289. The molecule has 9 nitrogen and oxygen atoms in total. The van der Waals surface area contributed by atoms with Crippen LogP contribution in [0.5, 0.6) is 0 Å². The van der Waals surface area contributed by atoms with Crippen molar-refractivity contribution < 1.29 is 44.0 Å². The van der Waals surface area contributed by atoms with Crippen molar-refractivity contribution in [3.8, 4) is 0 Å². The van der Waals surface area contributed by atoms with Gasteiger partial charge >= 0.3 is 7.82 Å². The number of aliphatic hydroxyl groups excluding tert-OH is 4. The minimum atomic E-state index is -4.73. The molecule has 6 N–H and O–H groups in total. The molecule has 0 aliphatic carbocycles. The average Bonchev–Trinajstić information content (AvgIpc) is 2.17. The molecule has 0 bridgehead atoms. The van der Waals surface area contributed by atoms with E-state index in [4.69, 9.17) is 20.0 Å². The monoisotopic (exact) mass is 260 g/mol. The van der Waals surface area contributed by atoms with Gasteiger partial charge in [0.25, 0.3) is 0 Å². The molecular weight excluding hydrogens is 247 g/mol. The maximum absolute atomic E-state index is 10.4. The van der Waals surface area contributed by atoms with Gasteiger partial charge < -0.3 is 34.9 Å². The number of phosphoric ester groups is 1. The van der Waals surface area contributed by atoms with Gasteiger partial charge in [0.05, 0.1) is 6.61 Å². The van der Waals surface area contributed by atoms with Gasteiger partial charge in [-0.25, -0.2) is 4.57 Å². The molecule has 1 unspecified atom stereocenters. The molecule has 5 atom stereocenters. The van der Waals surface area contributed by atoms with E-state index in [0.29, 0.717) is 0 Å². The van der Waals surface area contributed by atoms with Crippen LogP contribution in [0.15, 0.2) is 0 Å². The molecule has 1 aliphatic rings. The van der Waals surface area contributed by atoms with E-state index in [-0.39, 0.29) is 0 Å². The SMILES string of the molecule is O=P(O)(O)OC[C@@H]1OC(O)[C@H](O)[C@H](O)[C@H]1O. The summed E-state index contributed by atoms with van der Waals surface area (Å²) in [6.07, 6.45) is -8.11. The zero-order valence-corrected chi connectivity index (χ0v) is 8.84. The third-order valence-electron chi connectivity index (χ3n) is 2.09. The summed E-state index contributed by atoms with van der Waals surface area (Å²) in [4.78, 5) is 16.8. The number of phosphoric acid groups is 1. The Hall–Kier alpha value is -0.0900. The topological polar surface area (TPSA) is 157 Å². The Kier molecular flexibility index (Phi) is 4.41. The van der Waals surface area contributed by atoms with Crippen molar-refractivity contribution in [3.05, 3.63) is 0 Å². The van der Waals surface area contributed by atoms with Gasteiger partial charge in [0.1, 0.15) is 24.4 Å². The summed E-state index contributed by atoms with van der Waals surface area (Å²) in [7, 11) is -4.73. The highest BCUT2D eigenvalue weighted by atomic mass is 31.2. The highest BCUT2D eigenvalue weighted by Gasteiger charge is 2.43. The molecule has 10 heteroatoms. The highest BCUT2D eigenvalue weighted by Crippen LogP contribution is 2.36. The Morgan fingerprint density at radius 2 is 1.62 bits per heavy atom. The second-order valence-corrected chi connectivity index (χ2v) is 4.56. The molecule has 1 rings (SSSR count). The highest BCUT2D eigenvalue weighted by molar-refractivity contribution is 7.46. The van der Waals surface area contributed by atoms with Crippen molar-refractivity contribution in [1.82, 2.24) is 0 Å². The van der Waals surface area contributed by atoms with Crippen LogP contribution in [0.3, 0.4) is 0 Å². The Morgan fingerprint density at radius 3 is 2.12 bits per heavy atom. The van der Waals surface area contributed by atoms with Crippen molar-refractivity contribution in [2.75, 3.05) is 6.61 Å². The van der Waals surface area contributed by atoms with Gasteiger partial charge in [-0.1, -0.05) is 0 Å². The van der Waals surface area contributed by atoms with Crippen molar-refractivity contribution in [2.24, 2.45) is 0 Å². The van der Waals surface area contributed by atoms with Crippen molar-refractivity contribution in [3.63, 3.8) is 0 Å². The van der Waals surface area contributed by atoms with Crippen LogP contribution in [0.4, 0.5) is 0 Å². The Morgan fingerprint density at radius 1 is 1.06 bits per heavy atom. The van der Waals surface area contributed by atoms with Gasteiger partial charge in [-0.2, -0.15) is 0 Å². The van der Waals surface area contributed by atoms with Gasteiger partial charge in [0.15, 0.2) is 6.29 Å². The van der Waals surface area contributed by atoms with Crippen LogP contribution >= 0.6 is 7.82 Å². The zero-order valence-electron chi connectivity index (χ0n) is 7.95. The second-order valence-electron chi connectivity index (χ2n) is 3.32. The molecule has 0 saturated carbocycles. The van der Waals surface area contributed by atoms with Crippen molar-refractivity contribution >= 4 is 7.82 Å². The lowest BCUT2D eigenvalue weighted by Gasteiger charge is -2.38. The average molecular weight is 260 g/mol. The predicted octanol–water partition coefficient (Wildman–Crippen LogP) is -3.10. The maximum atomic E-state index is 10.4. The normalized spacial score (nSPS) is 41.0. The number of ether oxygens (including phenoxy) is 1. The smallest absolute Gasteiger partial charge is 0.387 e. The first-order valence-corrected chi connectivity index (χ1v) is 5.83. The minimum Gasteiger partial charge on any atom is -0.387 e. The summed E-state index contributed by atoms with van der Waals surface area (Å²) in [6.45, 7) is -0.730. The molecule has 0 aromatic rings. The lowest BCUT2D eigenvalue weighted by atomic mass is 10.00. The molecule has 0 amide bonds. The van der Waals surface area contributed by atoms with E-state index in [1.165, 1.54) is 0 Å². The standard InChI is InChI=1S/C6H13O9P/c7-3-2(1-14-16(11,12)13)15-6(10)5(9)4(3)8/h2-10H,1H2,(H2,11,12,13)/t2-,3-,4+,5+,6?/m0/s1. The zero-order chi connectivity index (χ0) is 12.5. The lowest BCUT2D eigenvalue weighted by Crippen LogP contribution is -2.58. The van der Waals surface area contributed by atoms with E-state index in [9.17, 15) is 14.8 Å². The largest absolute Gasteiger partial charge is 0.469 e. The summed E-state index contributed by atoms with van der Waals surface area (Å²) in [6, 6.07) is 0. The molecule has 1 fully saturated rings. The third kappa shape index (κ3) is 3.45. The molecule has 0 spiro atoms. The summed E-state index contributed by atoms with van der Waals surface area (Å²) >= 11 is 0. The number of hydrogen-bond donors (Lipinski definition) is 6. The molecule has 96 valence electrons. The van der Waals surface area contributed by atoms with Gasteiger partial charge in [-0.3, -0.25) is 4.52 Å². The van der Waals surface area contributed by atoms with Gasteiger partial charge in [-0.05, 0) is 0 Å². The number of hydrogen-bond acceptors (Lipinski definition) is 7. The summed E-state index contributed by atoms with van der Waals surface area (Å²) in [5, 5.41) is 36.7. The van der Waals surface area contributed by atoms with E-state index in [1.54, 1.807) is 0 Å².